The highest BCUT2D eigenvalue weighted by Crippen LogP contribution is 2.40. The van der Waals surface area contributed by atoms with Crippen LogP contribution < -0.4 is 10.2 Å². The van der Waals surface area contributed by atoms with E-state index in [-0.39, 0.29) is 17.0 Å². The van der Waals surface area contributed by atoms with Crippen LogP contribution in [0, 0.1) is 17.0 Å². The van der Waals surface area contributed by atoms with Crippen molar-refractivity contribution in [1.29, 1.82) is 0 Å². The summed E-state index contributed by atoms with van der Waals surface area (Å²) in [5.74, 6) is -1.92. The summed E-state index contributed by atoms with van der Waals surface area (Å²) in [4.78, 5) is 18.8. The van der Waals surface area contributed by atoms with Gasteiger partial charge in [0.1, 0.15) is 16.9 Å². The zero-order valence-corrected chi connectivity index (χ0v) is 16.8. The van der Waals surface area contributed by atoms with E-state index >= 15 is 0 Å². The van der Waals surface area contributed by atoms with Gasteiger partial charge in [0.05, 0.1) is 10.7 Å². The highest BCUT2D eigenvalue weighted by molar-refractivity contribution is 7.98. The fraction of sp³-hybridized carbons (Fsp3) is 0.368. The van der Waals surface area contributed by atoms with E-state index in [0.29, 0.717) is 18.7 Å². The summed E-state index contributed by atoms with van der Waals surface area (Å²) < 4.78 is 28.1. The minimum atomic E-state index is -0.847. The zero-order valence-electron chi connectivity index (χ0n) is 15.2. The Morgan fingerprint density at radius 1 is 1.37 bits per heavy atom. The summed E-state index contributed by atoms with van der Waals surface area (Å²) in [5, 5.41) is 3.10. The topological polar surface area (TPSA) is 45.2 Å². The number of halogens is 3. The van der Waals surface area contributed by atoms with Gasteiger partial charge in [-0.3, -0.25) is 4.79 Å². The van der Waals surface area contributed by atoms with Gasteiger partial charge in [0.15, 0.2) is 5.82 Å². The maximum Gasteiger partial charge on any atom is 0.247 e. The first-order valence-electron chi connectivity index (χ1n) is 8.43. The average Bonchev–Trinajstić information content (AvgIpc) is 2.95. The Hall–Kier alpha value is -1.86. The molecular formula is C19H20ClF2N3OS. The van der Waals surface area contributed by atoms with Gasteiger partial charge in [-0.1, -0.05) is 25.4 Å². The molecule has 1 N–H and O–H groups in total. The Bertz CT molecular complexity index is 878. The SMILES string of the molecule is CSc1cc(NC(=O)C2CC(C)(C)CN2c2ccc(F)c(Cl)c2F)ccn1. The van der Waals surface area contributed by atoms with Crippen LogP contribution in [0.15, 0.2) is 35.5 Å². The van der Waals surface area contributed by atoms with Gasteiger partial charge in [-0.2, -0.15) is 0 Å². The van der Waals surface area contributed by atoms with E-state index in [9.17, 15) is 13.6 Å². The molecule has 2 heterocycles. The molecule has 27 heavy (non-hydrogen) atoms. The lowest BCUT2D eigenvalue weighted by Crippen LogP contribution is -2.40. The van der Waals surface area contributed by atoms with E-state index < -0.39 is 22.7 Å². The highest BCUT2D eigenvalue weighted by atomic mass is 35.5. The van der Waals surface area contributed by atoms with E-state index in [1.807, 2.05) is 20.1 Å². The average molecular weight is 412 g/mol. The molecular weight excluding hydrogens is 392 g/mol. The van der Waals surface area contributed by atoms with Crippen molar-refractivity contribution in [2.45, 2.75) is 31.3 Å². The van der Waals surface area contributed by atoms with Crippen LogP contribution in [-0.2, 0) is 4.79 Å². The highest BCUT2D eigenvalue weighted by Gasteiger charge is 2.42. The number of rotatable bonds is 4. The fourth-order valence-electron chi connectivity index (χ4n) is 3.32. The first-order valence-corrected chi connectivity index (χ1v) is 10.0. The van der Waals surface area contributed by atoms with Crippen molar-refractivity contribution in [2.24, 2.45) is 5.41 Å². The van der Waals surface area contributed by atoms with Gasteiger partial charge in [0.2, 0.25) is 5.91 Å². The first-order chi connectivity index (χ1) is 12.7. The maximum absolute atomic E-state index is 14.6. The molecule has 3 rings (SSSR count). The van der Waals surface area contributed by atoms with Crippen LogP contribution in [0.3, 0.4) is 0 Å². The van der Waals surface area contributed by atoms with Crippen LogP contribution >= 0.6 is 23.4 Å². The van der Waals surface area contributed by atoms with Gasteiger partial charge in [-0.25, -0.2) is 13.8 Å². The molecule has 8 heteroatoms. The Morgan fingerprint density at radius 2 is 2.11 bits per heavy atom. The number of aromatic nitrogens is 1. The van der Waals surface area contributed by atoms with E-state index in [0.717, 1.165) is 11.1 Å². The van der Waals surface area contributed by atoms with E-state index in [2.05, 4.69) is 10.3 Å². The van der Waals surface area contributed by atoms with E-state index in [1.54, 1.807) is 23.2 Å². The van der Waals surface area contributed by atoms with Crippen molar-refractivity contribution in [3.05, 3.63) is 47.1 Å². The van der Waals surface area contributed by atoms with Gasteiger partial charge in [-0.05, 0) is 42.4 Å². The van der Waals surface area contributed by atoms with Crippen molar-refractivity contribution < 1.29 is 13.6 Å². The molecule has 2 aromatic rings. The van der Waals surface area contributed by atoms with Crippen LogP contribution in [0.4, 0.5) is 20.2 Å². The third-order valence-electron chi connectivity index (χ3n) is 4.56. The molecule has 1 aromatic heterocycles. The van der Waals surface area contributed by atoms with Crippen LogP contribution in [0.25, 0.3) is 0 Å². The number of thioether (sulfide) groups is 1. The predicted octanol–water partition coefficient (Wildman–Crippen LogP) is 4.98. The first kappa shape index (κ1) is 19.9. The molecule has 0 spiro atoms. The molecule has 1 aliphatic heterocycles. The lowest BCUT2D eigenvalue weighted by molar-refractivity contribution is -0.117. The lowest BCUT2D eigenvalue weighted by atomic mass is 9.90. The molecule has 1 amide bonds. The summed E-state index contributed by atoms with van der Waals surface area (Å²) in [6.07, 6.45) is 4.06. The second-order valence-electron chi connectivity index (χ2n) is 7.28. The summed E-state index contributed by atoms with van der Waals surface area (Å²) in [6.45, 7) is 4.47. The molecule has 1 atom stereocenters. The van der Waals surface area contributed by atoms with Gasteiger partial charge < -0.3 is 10.2 Å². The van der Waals surface area contributed by atoms with Crippen LogP contribution in [0.2, 0.25) is 5.02 Å². The third-order valence-corrected chi connectivity index (χ3v) is 5.55. The van der Waals surface area contributed by atoms with E-state index in [4.69, 9.17) is 11.6 Å². The zero-order chi connectivity index (χ0) is 19.8. The number of amides is 1. The molecule has 0 bridgehead atoms. The Balaban J connectivity index is 1.90. The fourth-order valence-corrected chi connectivity index (χ4v) is 3.89. The lowest BCUT2D eigenvalue weighted by Gasteiger charge is -2.27. The molecule has 1 saturated heterocycles. The largest absolute Gasteiger partial charge is 0.357 e. The van der Waals surface area contributed by atoms with Crippen LogP contribution in [-0.4, -0.2) is 29.7 Å². The molecule has 0 saturated carbocycles. The monoisotopic (exact) mass is 411 g/mol. The van der Waals surface area contributed by atoms with Gasteiger partial charge in [-0.15, -0.1) is 11.8 Å². The van der Waals surface area contributed by atoms with Crippen molar-refractivity contribution in [2.75, 3.05) is 23.0 Å². The Kier molecular flexibility index (Phi) is 5.63. The van der Waals surface area contributed by atoms with Crippen molar-refractivity contribution >= 4 is 40.6 Å². The number of anilines is 2. The molecule has 0 aliphatic carbocycles. The molecule has 144 valence electrons. The van der Waals surface area contributed by atoms with Crippen LogP contribution in [0.1, 0.15) is 20.3 Å². The Labute approximate surface area is 166 Å². The van der Waals surface area contributed by atoms with Crippen molar-refractivity contribution in [3.8, 4) is 0 Å². The predicted molar refractivity (Wildman–Crippen MR) is 106 cm³/mol. The second-order valence-corrected chi connectivity index (χ2v) is 8.49. The number of benzene rings is 1. The summed E-state index contributed by atoms with van der Waals surface area (Å²) >= 11 is 7.21. The molecule has 4 nitrogen and oxygen atoms in total. The smallest absolute Gasteiger partial charge is 0.247 e. The standard InChI is InChI=1S/C19H20ClF2N3OS/c1-19(2)9-14(18(26)24-11-6-7-23-15(8-11)27-3)25(10-19)13-5-4-12(21)16(20)17(13)22/h4-8,14H,9-10H2,1-3H3,(H,23,24,26). The molecule has 1 aliphatic rings. The van der Waals surface area contributed by atoms with Crippen LogP contribution in [0.5, 0.6) is 0 Å². The normalized spacial score (nSPS) is 18.6. The Morgan fingerprint density at radius 3 is 2.81 bits per heavy atom. The maximum atomic E-state index is 14.6. The summed E-state index contributed by atoms with van der Waals surface area (Å²) in [7, 11) is 0. The molecule has 0 radical (unpaired) electrons. The number of carbonyl (C=O) groups excluding carboxylic acids is 1. The summed E-state index contributed by atoms with van der Waals surface area (Å²) in [5.41, 5.74) is 0.547. The minimum absolute atomic E-state index is 0.131. The van der Waals surface area contributed by atoms with E-state index in [1.165, 1.54) is 17.8 Å². The minimum Gasteiger partial charge on any atom is -0.357 e. The number of hydrogen-bond acceptors (Lipinski definition) is 4. The van der Waals surface area contributed by atoms with Gasteiger partial charge in [0.25, 0.3) is 0 Å². The third kappa shape index (κ3) is 4.19. The molecule has 1 fully saturated rings. The van der Waals surface area contributed by atoms with Gasteiger partial charge in [0, 0.05) is 18.4 Å². The number of pyridine rings is 1. The number of nitrogens with one attached hydrogen (secondary N) is 1. The summed E-state index contributed by atoms with van der Waals surface area (Å²) in [6, 6.07) is 5.34. The quantitative estimate of drug-likeness (QED) is 0.569. The number of hydrogen-bond donors (Lipinski definition) is 1. The second kappa shape index (κ2) is 7.64. The van der Waals surface area contributed by atoms with Crippen molar-refractivity contribution in [3.63, 3.8) is 0 Å². The van der Waals surface area contributed by atoms with Crippen molar-refractivity contribution in [1.82, 2.24) is 4.98 Å². The molecule has 1 unspecified atom stereocenters. The number of nitrogens with zero attached hydrogens (tertiary/aromatic N) is 2. The van der Waals surface area contributed by atoms with Gasteiger partial charge >= 0.3 is 0 Å². The number of carbonyl (C=O) groups is 1. The molecule has 1 aromatic carbocycles.